The Kier molecular flexibility index (Phi) is 5.87. The van der Waals surface area contributed by atoms with Crippen LogP contribution in [0.1, 0.15) is 48.9 Å². The fraction of sp³-hybridized carbons (Fsp3) is 0.500. The fourth-order valence-corrected chi connectivity index (χ4v) is 3.73. The number of aromatic nitrogens is 2. The van der Waals surface area contributed by atoms with Crippen molar-refractivity contribution in [2.45, 2.75) is 44.6 Å². The van der Waals surface area contributed by atoms with Crippen LogP contribution in [0.15, 0.2) is 36.5 Å². The van der Waals surface area contributed by atoms with E-state index in [-0.39, 0.29) is 12.0 Å². The van der Waals surface area contributed by atoms with Crippen molar-refractivity contribution in [3.8, 4) is 11.3 Å². The predicted octanol–water partition coefficient (Wildman–Crippen LogP) is 3.15. The van der Waals surface area contributed by atoms with Crippen molar-refractivity contribution < 1.29 is 9.90 Å². The molecular weight excluding hydrogens is 314 g/mol. The van der Waals surface area contributed by atoms with Gasteiger partial charge in [0.05, 0.1) is 23.6 Å². The number of rotatable bonds is 6. The van der Waals surface area contributed by atoms with Gasteiger partial charge in [-0.15, -0.1) is 0 Å². The minimum atomic E-state index is -0.160. The van der Waals surface area contributed by atoms with Gasteiger partial charge in [-0.05, 0) is 31.6 Å². The third-order valence-electron chi connectivity index (χ3n) is 5.14. The molecule has 1 aromatic carbocycles. The lowest BCUT2D eigenvalue weighted by Gasteiger charge is -2.27. The number of carbonyl (C=O) groups excluding carboxylic acids is 1. The number of aliphatic hydroxyl groups excluding tert-OH is 1. The number of carbonyl (C=O) groups is 1. The third kappa shape index (κ3) is 4.28. The van der Waals surface area contributed by atoms with Crippen LogP contribution in [-0.4, -0.2) is 33.4 Å². The summed E-state index contributed by atoms with van der Waals surface area (Å²) in [6.45, 7) is 0.630. The molecule has 1 fully saturated rings. The Labute approximate surface area is 149 Å². The molecule has 2 aromatic rings. The first-order valence-corrected chi connectivity index (χ1v) is 9.20. The molecule has 134 valence electrons. The summed E-state index contributed by atoms with van der Waals surface area (Å²) in [4.78, 5) is 12.6. The number of amides is 1. The number of benzene rings is 1. The van der Waals surface area contributed by atoms with Crippen LogP contribution in [0.2, 0.25) is 0 Å². The highest BCUT2D eigenvalue weighted by Crippen LogP contribution is 2.27. The van der Waals surface area contributed by atoms with Crippen LogP contribution < -0.4 is 5.32 Å². The topological polar surface area (TPSA) is 67.2 Å². The highest BCUT2D eigenvalue weighted by molar-refractivity contribution is 5.99. The molecule has 0 unspecified atom stereocenters. The van der Waals surface area contributed by atoms with Gasteiger partial charge in [-0.1, -0.05) is 43.2 Å². The fourth-order valence-electron chi connectivity index (χ4n) is 3.73. The minimum absolute atomic E-state index is 0.0869. The Balaban J connectivity index is 1.55. The lowest BCUT2D eigenvalue weighted by Crippen LogP contribution is -2.28. The van der Waals surface area contributed by atoms with Gasteiger partial charge >= 0.3 is 0 Å². The molecule has 5 heteroatoms. The van der Waals surface area contributed by atoms with Crippen molar-refractivity contribution in [3.63, 3.8) is 0 Å². The predicted molar refractivity (Wildman–Crippen MR) is 98.2 cm³/mol. The largest absolute Gasteiger partial charge is 0.393 e. The Bertz CT molecular complexity index is 696. The third-order valence-corrected chi connectivity index (χ3v) is 5.14. The molecule has 3 rings (SSSR count). The van der Waals surface area contributed by atoms with Crippen molar-refractivity contribution in [2.75, 3.05) is 6.54 Å². The number of nitrogens with one attached hydrogen (secondary N) is 1. The molecular formula is C20H27N3O2. The highest BCUT2D eigenvalue weighted by atomic mass is 16.3. The maximum Gasteiger partial charge on any atom is 0.255 e. The van der Waals surface area contributed by atoms with Crippen LogP contribution in [-0.2, 0) is 7.05 Å². The van der Waals surface area contributed by atoms with E-state index in [9.17, 15) is 9.90 Å². The zero-order chi connectivity index (χ0) is 17.6. The summed E-state index contributed by atoms with van der Waals surface area (Å²) in [6.07, 6.45) is 7.72. The Morgan fingerprint density at radius 1 is 1.28 bits per heavy atom. The van der Waals surface area contributed by atoms with Gasteiger partial charge in [0, 0.05) is 19.2 Å². The molecule has 0 bridgehead atoms. The minimum Gasteiger partial charge on any atom is -0.393 e. The summed E-state index contributed by atoms with van der Waals surface area (Å²) in [5, 5.41) is 17.3. The number of hydrogen-bond acceptors (Lipinski definition) is 3. The molecule has 2 atom stereocenters. The van der Waals surface area contributed by atoms with Crippen molar-refractivity contribution >= 4 is 5.91 Å². The summed E-state index contributed by atoms with van der Waals surface area (Å²) in [7, 11) is 1.85. The Morgan fingerprint density at radius 2 is 2.04 bits per heavy atom. The lowest BCUT2D eigenvalue weighted by atomic mass is 9.83. The van der Waals surface area contributed by atoms with Crippen LogP contribution in [0.3, 0.4) is 0 Å². The maximum absolute atomic E-state index is 12.6. The van der Waals surface area contributed by atoms with E-state index in [2.05, 4.69) is 10.4 Å². The van der Waals surface area contributed by atoms with Crippen LogP contribution >= 0.6 is 0 Å². The zero-order valence-electron chi connectivity index (χ0n) is 14.8. The van der Waals surface area contributed by atoms with E-state index >= 15 is 0 Å². The molecule has 1 saturated carbocycles. The van der Waals surface area contributed by atoms with E-state index < -0.39 is 0 Å². The normalized spacial score (nSPS) is 20.4. The summed E-state index contributed by atoms with van der Waals surface area (Å²) in [5.74, 6) is 0.306. The summed E-state index contributed by atoms with van der Waals surface area (Å²) >= 11 is 0. The van der Waals surface area contributed by atoms with E-state index in [1.165, 1.54) is 6.42 Å². The van der Waals surface area contributed by atoms with Crippen molar-refractivity contribution in [1.82, 2.24) is 15.1 Å². The van der Waals surface area contributed by atoms with Crippen molar-refractivity contribution in [3.05, 3.63) is 42.1 Å². The molecule has 25 heavy (non-hydrogen) atoms. The monoisotopic (exact) mass is 341 g/mol. The molecule has 1 aromatic heterocycles. The van der Waals surface area contributed by atoms with Crippen LogP contribution in [0, 0.1) is 5.92 Å². The first kappa shape index (κ1) is 17.7. The van der Waals surface area contributed by atoms with Gasteiger partial charge in [-0.25, -0.2) is 0 Å². The molecule has 1 heterocycles. The first-order chi connectivity index (χ1) is 12.2. The van der Waals surface area contributed by atoms with Crippen LogP contribution in [0.25, 0.3) is 11.3 Å². The number of aliphatic hydroxyl groups is 1. The Hall–Kier alpha value is -2.14. The zero-order valence-corrected chi connectivity index (χ0v) is 14.8. The van der Waals surface area contributed by atoms with Gasteiger partial charge in [0.15, 0.2) is 0 Å². The quantitative estimate of drug-likeness (QED) is 0.793. The van der Waals surface area contributed by atoms with Gasteiger partial charge in [0.25, 0.3) is 5.91 Å². The SMILES string of the molecule is Cn1ncc(C(=O)NCCC[C@@H]2CCCC[C@H]2O)c1-c1ccccc1. The second-order valence-corrected chi connectivity index (χ2v) is 6.91. The van der Waals surface area contributed by atoms with Gasteiger partial charge < -0.3 is 10.4 Å². The average Bonchev–Trinajstić information content (AvgIpc) is 3.02. The molecule has 0 radical (unpaired) electrons. The maximum atomic E-state index is 12.6. The summed E-state index contributed by atoms with van der Waals surface area (Å²) < 4.78 is 1.74. The Morgan fingerprint density at radius 3 is 2.80 bits per heavy atom. The molecule has 0 saturated heterocycles. The molecule has 2 N–H and O–H groups in total. The van der Waals surface area contributed by atoms with Gasteiger partial charge in [0.2, 0.25) is 0 Å². The van der Waals surface area contributed by atoms with Crippen LogP contribution in [0.4, 0.5) is 0 Å². The number of hydrogen-bond donors (Lipinski definition) is 2. The van der Waals surface area contributed by atoms with E-state index in [1.807, 2.05) is 37.4 Å². The summed E-state index contributed by atoms with van der Waals surface area (Å²) in [6, 6.07) is 9.84. The van der Waals surface area contributed by atoms with E-state index in [0.717, 1.165) is 43.4 Å². The van der Waals surface area contributed by atoms with Crippen molar-refractivity contribution in [2.24, 2.45) is 13.0 Å². The standard InChI is InChI=1S/C20H27N3O2/c1-23-19(16-9-3-2-4-10-16)17(14-22-23)20(25)21-13-7-11-15-8-5-6-12-18(15)24/h2-4,9-10,14-15,18,24H,5-8,11-13H2,1H3,(H,21,25)/t15-,18+/m0/s1. The smallest absolute Gasteiger partial charge is 0.255 e. The molecule has 0 aliphatic heterocycles. The molecule has 5 nitrogen and oxygen atoms in total. The average molecular weight is 341 g/mol. The van der Waals surface area contributed by atoms with E-state index in [0.29, 0.717) is 18.0 Å². The second kappa shape index (κ2) is 8.30. The molecule has 1 aliphatic rings. The molecule has 1 aliphatic carbocycles. The molecule has 0 spiro atoms. The van der Waals surface area contributed by atoms with Gasteiger partial charge in [0.1, 0.15) is 0 Å². The van der Waals surface area contributed by atoms with E-state index in [1.54, 1.807) is 10.9 Å². The second-order valence-electron chi connectivity index (χ2n) is 6.91. The summed E-state index contributed by atoms with van der Waals surface area (Å²) in [5.41, 5.74) is 2.42. The van der Waals surface area contributed by atoms with Crippen molar-refractivity contribution in [1.29, 1.82) is 0 Å². The highest BCUT2D eigenvalue weighted by Gasteiger charge is 2.22. The number of nitrogens with zero attached hydrogens (tertiary/aromatic N) is 2. The van der Waals surface area contributed by atoms with Gasteiger partial charge in [-0.2, -0.15) is 5.10 Å². The van der Waals surface area contributed by atoms with Gasteiger partial charge in [-0.3, -0.25) is 9.48 Å². The first-order valence-electron chi connectivity index (χ1n) is 9.20. The molecule has 1 amide bonds. The van der Waals surface area contributed by atoms with Crippen LogP contribution in [0.5, 0.6) is 0 Å². The number of aryl methyl sites for hydroxylation is 1. The lowest BCUT2D eigenvalue weighted by molar-refractivity contribution is 0.0641. The van der Waals surface area contributed by atoms with E-state index in [4.69, 9.17) is 0 Å².